The average Bonchev–Trinajstić information content (AvgIpc) is 3.28. The molecule has 10 heteroatoms. The number of hydrogen-bond acceptors (Lipinski definition) is 8. The van der Waals surface area contributed by atoms with Crippen molar-refractivity contribution in [3.63, 3.8) is 0 Å². The Morgan fingerprint density at radius 1 is 1.39 bits per heavy atom. The van der Waals surface area contributed by atoms with Gasteiger partial charge in [-0.15, -0.1) is 11.3 Å². The topological polar surface area (TPSA) is 100 Å². The van der Waals surface area contributed by atoms with Crippen LogP contribution >= 0.6 is 27.3 Å². The summed E-state index contributed by atoms with van der Waals surface area (Å²) in [5.41, 5.74) is 1.13. The molecule has 0 atom stereocenters. The molecule has 0 radical (unpaired) electrons. The highest BCUT2D eigenvalue weighted by molar-refractivity contribution is 9.10. The number of ether oxygens (including phenoxy) is 1. The number of benzene rings is 1. The van der Waals surface area contributed by atoms with Crippen LogP contribution in [0.4, 0.5) is 0 Å². The maximum atomic E-state index is 12.5. The number of halogens is 1. The molecule has 0 aliphatic carbocycles. The van der Waals surface area contributed by atoms with Crippen molar-refractivity contribution >= 4 is 43.5 Å². The molecule has 0 bridgehead atoms. The molecule has 142 valence electrons. The maximum Gasteiger partial charge on any atom is 0.349 e. The lowest BCUT2D eigenvalue weighted by molar-refractivity contribution is 0.0435. The number of nitrogens with zero attached hydrogens (tertiary/aromatic N) is 4. The fourth-order valence-electron chi connectivity index (χ4n) is 2.65. The molecule has 28 heavy (non-hydrogen) atoms. The van der Waals surface area contributed by atoms with E-state index in [4.69, 9.17) is 9.26 Å². The van der Waals surface area contributed by atoms with Crippen LogP contribution in [0.3, 0.4) is 0 Å². The number of carbonyl (C=O) groups excluding carboxylic acids is 1. The fraction of sp³-hybridized carbons (Fsp3) is 0.167. The van der Waals surface area contributed by atoms with Crippen molar-refractivity contribution in [1.82, 2.24) is 19.7 Å². The van der Waals surface area contributed by atoms with Crippen LogP contribution in [0.2, 0.25) is 0 Å². The molecular weight excluding hydrogens is 448 g/mol. The fourth-order valence-corrected chi connectivity index (χ4v) is 4.09. The van der Waals surface area contributed by atoms with Gasteiger partial charge in [0, 0.05) is 17.1 Å². The Morgan fingerprint density at radius 2 is 2.21 bits per heavy atom. The van der Waals surface area contributed by atoms with Crippen LogP contribution in [0, 0.1) is 6.92 Å². The third-order valence-corrected chi connectivity index (χ3v) is 5.75. The Morgan fingerprint density at radius 3 is 3.00 bits per heavy atom. The van der Waals surface area contributed by atoms with Crippen molar-refractivity contribution in [1.29, 1.82) is 0 Å². The number of fused-ring (bicyclic) bond motifs is 1. The van der Waals surface area contributed by atoms with Gasteiger partial charge >= 0.3 is 5.97 Å². The van der Waals surface area contributed by atoms with Gasteiger partial charge in [0.1, 0.15) is 9.71 Å². The van der Waals surface area contributed by atoms with Crippen LogP contribution in [0.15, 0.2) is 44.4 Å². The van der Waals surface area contributed by atoms with Gasteiger partial charge in [-0.05, 0) is 24.6 Å². The van der Waals surface area contributed by atoms with E-state index in [0.717, 1.165) is 21.4 Å². The molecule has 1 aromatic carbocycles. The van der Waals surface area contributed by atoms with Crippen molar-refractivity contribution in [2.75, 3.05) is 0 Å². The van der Waals surface area contributed by atoms with E-state index in [9.17, 15) is 9.59 Å². The van der Waals surface area contributed by atoms with E-state index in [1.54, 1.807) is 14.0 Å². The zero-order valence-corrected chi connectivity index (χ0v) is 17.2. The van der Waals surface area contributed by atoms with Gasteiger partial charge in [-0.3, -0.25) is 4.79 Å². The SMILES string of the molecule is Cc1c(C(=O)OCc2nc(-c3cccc(Br)c3)no2)sc2ncn(C)c(=O)c12. The minimum atomic E-state index is -0.565. The number of esters is 1. The van der Waals surface area contributed by atoms with Gasteiger partial charge in [-0.25, -0.2) is 9.78 Å². The van der Waals surface area contributed by atoms with Crippen LogP contribution < -0.4 is 5.56 Å². The molecular formula is C18H13BrN4O4S. The lowest BCUT2D eigenvalue weighted by Crippen LogP contribution is -2.16. The van der Waals surface area contributed by atoms with Crippen molar-refractivity contribution < 1.29 is 14.1 Å². The third kappa shape index (κ3) is 3.36. The molecule has 0 aliphatic heterocycles. The highest BCUT2D eigenvalue weighted by Gasteiger charge is 2.21. The van der Waals surface area contributed by atoms with Gasteiger partial charge < -0.3 is 13.8 Å². The minimum Gasteiger partial charge on any atom is -0.451 e. The predicted octanol–water partition coefficient (Wildman–Crippen LogP) is 3.47. The van der Waals surface area contributed by atoms with Crippen molar-refractivity contribution in [3.8, 4) is 11.4 Å². The van der Waals surface area contributed by atoms with Gasteiger partial charge in [0.25, 0.3) is 11.4 Å². The quantitative estimate of drug-likeness (QED) is 0.429. The molecule has 4 aromatic rings. The lowest BCUT2D eigenvalue weighted by Gasteiger charge is -2.00. The van der Waals surface area contributed by atoms with Crippen LogP contribution in [0.25, 0.3) is 21.6 Å². The largest absolute Gasteiger partial charge is 0.451 e. The summed E-state index contributed by atoms with van der Waals surface area (Å²) in [7, 11) is 1.61. The summed E-state index contributed by atoms with van der Waals surface area (Å²) in [6.45, 7) is 1.54. The highest BCUT2D eigenvalue weighted by atomic mass is 79.9. The molecule has 0 N–H and O–H groups in total. The van der Waals surface area contributed by atoms with Crippen LogP contribution in [-0.2, 0) is 18.4 Å². The van der Waals surface area contributed by atoms with Gasteiger partial charge in [-0.1, -0.05) is 33.2 Å². The molecule has 0 spiro atoms. The van der Waals surface area contributed by atoms with E-state index in [0.29, 0.717) is 26.5 Å². The molecule has 0 saturated carbocycles. The van der Waals surface area contributed by atoms with Crippen molar-refractivity contribution in [2.24, 2.45) is 7.05 Å². The molecule has 0 amide bonds. The van der Waals surface area contributed by atoms with Gasteiger partial charge in [0.15, 0.2) is 6.61 Å². The van der Waals surface area contributed by atoms with E-state index in [1.807, 2.05) is 24.3 Å². The third-order valence-electron chi connectivity index (χ3n) is 4.07. The Kier molecular flexibility index (Phi) is 4.82. The summed E-state index contributed by atoms with van der Waals surface area (Å²) < 4.78 is 12.7. The number of rotatable bonds is 4. The second kappa shape index (κ2) is 7.28. The van der Waals surface area contributed by atoms with E-state index in [-0.39, 0.29) is 18.1 Å². The van der Waals surface area contributed by atoms with Crippen LogP contribution in [0.5, 0.6) is 0 Å². The Bertz CT molecular complexity index is 1260. The number of carbonyl (C=O) groups is 1. The summed E-state index contributed by atoms with van der Waals surface area (Å²) in [4.78, 5) is 34.0. The lowest BCUT2D eigenvalue weighted by atomic mass is 10.2. The maximum absolute atomic E-state index is 12.5. The summed E-state index contributed by atoms with van der Waals surface area (Å²) in [6, 6.07) is 7.45. The Hall–Kier alpha value is -2.85. The predicted molar refractivity (Wildman–Crippen MR) is 106 cm³/mol. The number of aryl methyl sites for hydroxylation is 2. The number of aromatic nitrogens is 4. The second-order valence-electron chi connectivity index (χ2n) is 6.00. The van der Waals surface area contributed by atoms with Crippen LogP contribution in [-0.4, -0.2) is 25.7 Å². The monoisotopic (exact) mass is 460 g/mol. The van der Waals surface area contributed by atoms with Gasteiger partial charge in [0.05, 0.1) is 11.7 Å². The Labute approximate surface area is 170 Å². The summed E-state index contributed by atoms with van der Waals surface area (Å²) in [5, 5.41) is 4.33. The van der Waals surface area contributed by atoms with Gasteiger partial charge in [0.2, 0.25) is 5.82 Å². The second-order valence-corrected chi connectivity index (χ2v) is 7.91. The van der Waals surface area contributed by atoms with Crippen molar-refractivity contribution in [3.05, 3.63) is 61.8 Å². The van der Waals surface area contributed by atoms with Crippen molar-refractivity contribution in [2.45, 2.75) is 13.5 Å². The zero-order chi connectivity index (χ0) is 19.8. The first-order valence-electron chi connectivity index (χ1n) is 8.14. The first-order chi connectivity index (χ1) is 13.4. The molecule has 0 unspecified atom stereocenters. The molecule has 3 heterocycles. The molecule has 0 saturated heterocycles. The average molecular weight is 461 g/mol. The summed E-state index contributed by atoms with van der Waals surface area (Å²) in [6.07, 6.45) is 1.43. The van der Waals surface area contributed by atoms with Crippen LogP contribution in [0.1, 0.15) is 21.1 Å². The number of hydrogen-bond donors (Lipinski definition) is 0. The van der Waals surface area contributed by atoms with E-state index >= 15 is 0 Å². The molecule has 8 nitrogen and oxygen atoms in total. The minimum absolute atomic E-state index is 0.168. The molecule has 0 aliphatic rings. The smallest absolute Gasteiger partial charge is 0.349 e. The van der Waals surface area contributed by atoms with E-state index in [2.05, 4.69) is 31.1 Å². The Balaban J connectivity index is 1.53. The molecule has 4 rings (SSSR count). The first-order valence-corrected chi connectivity index (χ1v) is 9.75. The van der Waals surface area contributed by atoms with E-state index in [1.165, 1.54) is 10.9 Å². The normalized spacial score (nSPS) is 11.1. The summed E-state index contributed by atoms with van der Waals surface area (Å²) >= 11 is 4.51. The molecule has 3 aromatic heterocycles. The first kappa shape index (κ1) is 18.5. The standard InChI is InChI=1S/C18H13BrN4O4S/c1-9-13-16(20-8-23(2)17(13)24)28-14(9)18(25)26-7-12-21-15(22-27-12)10-4-3-5-11(19)6-10/h3-6,8H,7H2,1-2H3. The van der Waals surface area contributed by atoms with E-state index < -0.39 is 5.97 Å². The van der Waals surface area contributed by atoms with Gasteiger partial charge in [-0.2, -0.15) is 4.98 Å². The molecule has 0 fully saturated rings. The number of thiophene rings is 1. The summed E-state index contributed by atoms with van der Waals surface area (Å²) in [5.74, 6) is 0.0129. The highest BCUT2D eigenvalue weighted by Crippen LogP contribution is 2.27. The zero-order valence-electron chi connectivity index (χ0n) is 14.8.